The number of morpholine rings is 1. The number of hydrogen-bond acceptors (Lipinski definition) is 2. The topological polar surface area (TPSA) is 12.5 Å². The van der Waals surface area contributed by atoms with Crippen molar-refractivity contribution in [2.24, 2.45) is 0 Å². The molecule has 0 spiro atoms. The Morgan fingerprint density at radius 2 is 1.64 bits per heavy atom. The van der Waals surface area contributed by atoms with E-state index in [-0.39, 0.29) is 17.9 Å². The lowest BCUT2D eigenvalue weighted by Crippen LogP contribution is -2.46. The number of ether oxygens (including phenoxy) is 1. The van der Waals surface area contributed by atoms with Crippen LogP contribution in [0.1, 0.15) is 52.0 Å². The van der Waals surface area contributed by atoms with E-state index < -0.39 is 11.6 Å². The Morgan fingerprint density at radius 1 is 1.05 bits per heavy atom. The molecule has 22 heavy (non-hydrogen) atoms. The molecule has 1 heterocycles. The summed E-state index contributed by atoms with van der Waals surface area (Å²) < 4.78 is 34.4. The van der Waals surface area contributed by atoms with Gasteiger partial charge in [0.25, 0.3) is 0 Å². The van der Waals surface area contributed by atoms with Gasteiger partial charge in [0.15, 0.2) is 0 Å². The van der Waals surface area contributed by atoms with Gasteiger partial charge >= 0.3 is 0 Å². The van der Waals surface area contributed by atoms with Gasteiger partial charge in [0.05, 0.1) is 12.2 Å². The average Bonchev–Trinajstić information content (AvgIpc) is 2.42. The molecule has 0 bridgehead atoms. The van der Waals surface area contributed by atoms with Crippen molar-refractivity contribution in [3.8, 4) is 0 Å². The Balaban J connectivity index is 2.09. The first-order chi connectivity index (χ1) is 10.5. The summed E-state index contributed by atoms with van der Waals surface area (Å²) in [5.74, 6) is -0.904. The predicted octanol–water partition coefficient (Wildman–Crippen LogP) is 4.70. The molecule has 1 aliphatic rings. The smallest absolute Gasteiger partial charge is 0.149 e. The highest BCUT2D eigenvalue weighted by Crippen LogP contribution is 2.28. The lowest BCUT2D eigenvalue weighted by molar-refractivity contribution is -0.00558. The summed E-state index contributed by atoms with van der Waals surface area (Å²) in [5.41, 5.74) is 0.850. The third kappa shape index (κ3) is 4.42. The SMILES string of the molecule is CCCCCCc1cc(F)c(N2C[C@@H](C)O[C@@H](C)C2)c(F)c1. The minimum absolute atomic E-state index is 0.0173. The van der Waals surface area contributed by atoms with E-state index in [9.17, 15) is 8.78 Å². The molecule has 0 unspecified atom stereocenters. The van der Waals surface area contributed by atoms with Crippen LogP contribution in [-0.4, -0.2) is 25.3 Å². The monoisotopic (exact) mass is 311 g/mol. The quantitative estimate of drug-likeness (QED) is 0.706. The van der Waals surface area contributed by atoms with Gasteiger partial charge in [-0.25, -0.2) is 8.78 Å². The van der Waals surface area contributed by atoms with Crippen LogP contribution in [0.3, 0.4) is 0 Å². The first kappa shape index (κ1) is 17.2. The van der Waals surface area contributed by atoms with Crippen LogP contribution in [-0.2, 0) is 11.2 Å². The van der Waals surface area contributed by atoms with Gasteiger partial charge in [0.2, 0.25) is 0 Å². The molecule has 2 rings (SSSR count). The predicted molar refractivity (Wildman–Crippen MR) is 86.4 cm³/mol. The molecular weight excluding hydrogens is 284 g/mol. The molecule has 0 N–H and O–H groups in total. The zero-order valence-electron chi connectivity index (χ0n) is 13.9. The maximum atomic E-state index is 14.4. The Bertz CT molecular complexity index is 459. The summed E-state index contributed by atoms with van der Waals surface area (Å²) in [4.78, 5) is 1.77. The van der Waals surface area contributed by atoms with Crippen LogP contribution in [0.5, 0.6) is 0 Å². The van der Waals surface area contributed by atoms with Crippen LogP contribution in [0.15, 0.2) is 12.1 Å². The second-order valence-corrected chi connectivity index (χ2v) is 6.38. The Hall–Kier alpha value is -1.16. The van der Waals surface area contributed by atoms with Crippen molar-refractivity contribution in [3.63, 3.8) is 0 Å². The Kier molecular flexibility index (Phi) is 6.18. The lowest BCUT2D eigenvalue weighted by atomic mass is 10.0. The van der Waals surface area contributed by atoms with E-state index in [0.29, 0.717) is 13.1 Å². The number of aryl methyl sites for hydroxylation is 1. The van der Waals surface area contributed by atoms with Crippen LogP contribution in [0, 0.1) is 11.6 Å². The molecule has 0 amide bonds. The summed E-state index contributed by atoms with van der Waals surface area (Å²) >= 11 is 0. The highest BCUT2D eigenvalue weighted by Gasteiger charge is 2.26. The number of unbranched alkanes of at least 4 members (excludes halogenated alkanes) is 3. The van der Waals surface area contributed by atoms with E-state index in [0.717, 1.165) is 31.2 Å². The van der Waals surface area contributed by atoms with Crippen molar-refractivity contribution in [2.75, 3.05) is 18.0 Å². The van der Waals surface area contributed by atoms with Crippen LogP contribution in [0.2, 0.25) is 0 Å². The van der Waals surface area contributed by atoms with Gasteiger partial charge in [-0.2, -0.15) is 0 Å². The van der Waals surface area contributed by atoms with Gasteiger partial charge in [0, 0.05) is 13.1 Å². The number of hydrogen-bond donors (Lipinski definition) is 0. The number of benzene rings is 1. The fraction of sp³-hybridized carbons (Fsp3) is 0.667. The van der Waals surface area contributed by atoms with E-state index in [2.05, 4.69) is 6.92 Å². The molecule has 4 heteroatoms. The van der Waals surface area contributed by atoms with Crippen LogP contribution < -0.4 is 4.90 Å². The van der Waals surface area contributed by atoms with Gasteiger partial charge in [-0.3, -0.25) is 0 Å². The molecule has 2 nitrogen and oxygen atoms in total. The summed E-state index contributed by atoms with van der Waals surface area (Å²) in [6.07, 6.45) is 5.14. The van der Waals surface area contributed by atoms with Crippen LogP contribution in [0.25, 0.3) is 0 Å². The highest BCUT2D eigenvalue weighted by atomic mass is 19.1. The molecule has 1 aromatic rings. The van der Waals surface area contributed by atoms with Crippen LogP contribution >= 0.6 is 0 Å². The zero-order chi connectivity index (χ0) is 16.1. The average molecular weight is 311 g/mol. The van der Waals surface area contributed by atoms with E-state index in [1.807, 2.05) is 13.8 Å². The molecule has 1 saturated heterocycles. The fourth-order valence-electron chi connectivity index (χ4n) is 3.18. The minimum atomic E-state index is -0.452. The fourth-order valence-corrected chi connectivity index (χ4v) is 3.18. The lowest BCUT2D eigenvalue weighted by Gasteiger charge is -2.37. The van der Waals surface area contributed by atoms with Gasteiger partial charge < -0.3 is 9.64 Å². The molecule has 1 aromatic carbocycles. The number of halogens is 2. The number of anilines is 1. The van der Waals surface area contributed by atoms with Crippen molar-refractivity contribution in [1.29, 1.82) is 0 Å². The molecule has 0 aliphatic carbocycles. The first-order valence-corrected chi connectivity index (χ1v) is 8.39. The van der Waals surface area contributed by atoms with Crippen molar-refractivity contribution in [1.82, 2.24) is 0 Å². The van der Waals surface area contributed by atoms with Gasteiger partial charge in [-0.15, -0.1) is 0 Å². The molecule has 0 aromatic heterocycles. The van der Waals surface area contributed by atoms with Gasteiger partial charge in [-0.05, 0) is 44.4 Å². The summed E-state index contributed by atoms with van der Waals surface area (Å²) in [5, 5.41) is 0. The second kappa shape index (κ2) is 7.91. The molecule has 0 saturated carbocycles. The van der Waals surface area contributed by atoms with E-state index in [1.54, 1.807) is 4.90 Å². The maximum absolute atomic E-state index is 14.4. The molecule has 0 radical (unpaired) electrons. The van der Waals surface area contributed by atoms with Crippen molar-refractivity contribution in [3.05, 3.63) is 29.3 Å². The highest BCUT2D eigenvalue weighted by molar-refractivity contribution is 5.51. The summed E-state index contributed by atoms with van der Waals surface area (Å²) in [6, 6.07) is 2.99. The second-order valence-electron chi connectivity index (χ2n) is 6.38. The van der Waals surface area contributed by atoms with Crippen molar-refractivity contribution in [2.45, 2.75) is 65.1 Å². The summed E-state index contributed by atoms with van der Waals surface area (Å²) in [7, 11) is 0. The van der Waals surface area contributed by atoms with Crippen molar-refractivity contribution >= 4 is 5.69 Å². The molecule has 124 valence electrons. The molecule has 1 aliphatic heterocycles. The van der Waals surface area contributed by atoms with Crippen LogP contribution in [0.4, 0.5) is 14.5 Å². The van der Waals surface area contributed by atoms with Gasteiger partial charge in [0.1, 0.15) is 17.3 Å². The number of rotatable bonds is 6. The third-order valence-corrected chi connectivity index (χ3v) is 4.13. The Labute approximate surface area is 132 Å². The minimum Gasteiger partial charge on any atom is -0.372 e. The molecule has 1 fully saturated rings. The van der Waals surface area contributed by atoms with E-state index in [4.69, 9.17) is 4.74 Å². The van der Waals surface area contributed by atoms with Crippen molar-refractivity contribution < 1.29 is 13.5 Å². The number of nitrogens with zero attached hydrogens (tertiary/aromatic N) is 1. The third-order valence-electron chi connectivity index (χ3n) is 4.13. The first-order valence-electron chi connectivity index (χ1n) is 8.39. The Morgan fingerprint density at radius 3 is 2.18 bits per heavy atom. The van der Waals surface area contributed by atoms with E-state index in [1.165, 1.54) is 18.6 Å². The maximum Gasteiger partial charge on any atom is 0.149 e. The summed E-state index contributed by atoms with van der Waals surface area (Å²) in [6.45, 7) is 7.06. The largest absolute Gasteiger partial charge is 0.372 e. The molecule has 2 atom stereocenters. The van der Waals surface area contributed by atoms with E-state index >= 15 is 0 Å². The molecular formula is C18H27F2NO. The standard InChI is InChI=1S/C18H27F2NO/c1-4-5-6-7-8-15-9-16(19)18(17(20)10-15)21-11-13(2)22-14(3)12-21/h9-10,13-14H,4-8,11-12H2,1-3H3/t13-,14+. The zero-order valence-corrected chi connectivity index (χ0v) is 13.9. The van der Waals surface area contributed by atoms with Gasteiger partial charge in [-0.1, -0.05) is 26.2 Å². The normalized spacial score (nSPS) is 22.1.